The molecule has 0 atom stereocenters. The number of benzene rings is 10. The lowest BCUT2D eigenvalue weighted by molar-refractivity contribution is 1.29. The molecule has 10 aromatic rings. The summed E-state index contributed by atoms with van der Waals surface area (Å²) in [6.45, 7) is 0. The minimum absolute atomic E-state index is 1.13. The van der Waals surface area contributed by atoms with Gasteiger partial charge in [-0.2, -0.15) is 0 Å². The molecule has 0 saturated heterocycles. The number of hydrogen-bond donors (Lipinski definition) is 0. The van der Waals surface area contributed by atoms with Crippen molar-refractivity contribution in [2.24, 2.45) is 0 Å². The number of anilines is 3. The summed E-state index contributed by atoms with van der Waals surface area (Å²) in [7, 11) is 0. The Morgan fingerprint density at radius 2 is 0.673 bits per heavy atom. The third-order valence-corrected chi connectivity index (χ3v) is 11.4. The molecule has 256 valence electrons. The van der Waals surface area contributed by atoms with Gasteiger partial charge in [-0.3, -0.25) is 0 Å². The second-order valence-corrected chi connectivity index (χ2v) is 14.4. The van der Waals surface area contributed by atoms with Crippen molar-refractivity contribution in [2.75, 3.05) is 4.90 Å². The van der Waals surface area contributed by atoms with E-state index in [0.717, 1.165) is 5.69 Å². The quantitative estimate of drug-likeness (QED) is 0.166. The van der Waals surface area contributed by atoms with Gasteiger partial charge in [-0.1, -0.05) is 182 Å². The van der Waals surface area contributed by atoms with E-state index >= 15 is 0 Å². The molecular weight excluding hydrogens is 663 g/mol. The van der Waals surface area contributed by atoms with Crippen LogP contribution < -0.4 is 4.90 Å². The minimum Gasteiger partial charge on any atom is -0.309 e. The average molecular weight is 698 g/mol. The van der Waals surface area contributed by atoms with Crippen LogP contribution in [0.25, 0.3) is 88.0 Å². The molecule has 0 radical (unpaired) electrons. The zero-order valence-corrected chi connectivity index (χ0v) is 30.2. The Morgan fingerprint density at radius 3 is 1.24 bits per heavy atom. The molecule has 0 fully saturated rings. The molecule has 0 spiro atoms. The number of para-hydroxylation sites is 2. The summed E-state index contributed by atoms with van der Waals surface area (Å²) < 4.78 is 0. The Bertz CT molecular complexity index is 3000. The summed E-state index contributed by atoms with van der Waals surface area (Å²) in [5.41, 5.74) is 15.8. The van der Waals surface area contributed by atoms with Gasteiger partial charge in [0.1, 0.15) is 0 Å². The largest absolute Gasteiger partial charge is 0.309 e. The van der Waals surface area contributed by atoms with Gasteiger partial charge in [0.2, 0.25) is 0 Å². The van der Waals surface area contributed by atoms with Crippen LogP contribution in [0.4, 0.5) is 17.1 Å². The SMILES string of the molecule is c1ccc(-c2cc(-c3ccc(N4c5ccccc5-c5ccccc5-c5ccccc54)cc3)c3c4ccccc4c4ccccc4c3c2-c2ccccc2)cc1. The highest BCUT2D eigenvalue weighted by molar-refractivity contribution is 6.33. The van der Waals surface area contributed by atoms with Crippen LogP contribution in [-0.4, -0.2) is 0 Å². The van der Waals surface area contributed by atoms with Gasteiger partial charge in [-0.15, -0.1) is 0 Å². The number of rotatable bonds is 4. The van der Waals surface area contributed by atoms with E-state index in [4.69, 9.17) is 0 Å². The first-order valence-electron chi connectivity index (χ1n) is 19.0. The third kappa shape index (κ3) is 4.94. The molecule has 0 bridgehead atoms. The maximum Gasteiger partial charge on any atom is 0.0540 e. The van der Waals surface area contributed by atoms with Crippen molar-refractivity contribution in [3.05, 3.63) is 212 Å². The van der Waals surface area contributed by atoms with Gasteiger partial charge in [0, 0.05) is 16.8 Å². The van der Waals surface area contributed by atoms with Crippen LogP contribution in [0, 0.1) is 0 Å². The lowest BCUT2D eigenvalue weighted by Crippen LogP contribution is -2.10. The van der Waals surface area contributed by atoms with E-state index in [1.807, 2.05) is 0 Å². The maximum absolute atomic E-state index is 2.45. The molecule has 0 unspecified atom stereocenters. The van der Waals surface area contributed by atoms with Gasteiger partial charge in [-0.05, 0) is 107 Å². The van der Waals surface area contributed by atoms with E-state index in [-0.39, 0.29) is 0 Å². The van der Waals surface area contributed by atoms with Crippen LogP contribution in [0.3, 0.4) is 0 Å². The fourth-order valence-electron chi connectivity index (χ4n) is 9.03. The molecule has 10 aromatic carbocycles. The predicted octanol–water partition coefficient (Wildman–Crippen LogP) is 15.3. The molecule has 1 heterocycles. The highest BCUT2D eigenvalue weighted by Gasteiger charge is 2.26. The van der Waals surface area contributed by atoms with Crippen LogP contribution in [-0.2, 0) is 0 Å². The fraction of sp³-hybridized carbons (Fsp3) is 0. The molecule has 0 aromatic heterocycles. The summed E-state index contributed by atoms with van der Waals surface area (Å²) in [5, 5.41) is 7.64. The summed E-state index contributed by atoms with van der Waals surface area (Å²) in [6, 6.07) is 77.8. The lowest BCUT2D eigenvalue weighted by Gasteiger charge is -2.27. The van der Waals surface area contributed by atoms with Crippen molar-refractivity contribution in [1.82, 2.24) is 0 Å². The topological polar surface area (TPSA) is 3.24 Å². The molecule has 0 saturated carbocycles. The van der Waals surface area contributed by atoms with Gasteiger partial charge >= 0.3 is 0 Å². The van der Waals surface area contributed by atoms with Crippen LogP contribution in [0.1, 0.15) is 0 Å². The first kappa shape index (κ1) is 31.3. The Hall–Kier alpha value is -7.22. The smallest absolute Gasteiger partial charge is 0.0540 e. The second-order valence-electron chi connectivity index (χ2n) is 14.4. The molecule has 0 N–H and O–H groups in total. The van der Waals surface area contributed by atoms with E-state index in [1.54, 1.807) is 0 Å². The van der Waals surface area contributed by atoms with Gasteiger partial charge < -0.3 is 4.90 Å². The van der Waals surface area contributed by atoms with Crippen molar-refractivity contribution < 1.29 is 0 Å². The maximum atomic E-state index is 2.45. The molecule has 55 heavy (non-hydrogen) atoms. The van der Waals surface area contributed by atoms with Gasteiger partial charge in [0.05, 0.1) is 11.4 Å². The molecule has 0 amide bonds. The highest BCUT2D eigenvalue weighted by Crippen LogP contribution is 2.52. The Morgan fingerprint density at radius 1 is 0.255 bits per heavy atom. The molecule has 1 aliphatic heterocycles. The molecule has 1 heteroatoms. The summed E-state index contributed by atoms with van der Waals surface area (Å²) in [5.74, 6) is 0. The highest BCUT2D eigenvalue weighted by atomic mass is 15.1. The normalized spacial score (nSPS) is 12.0. The van der Waals surface area contributed by atoms with E-state index in [2.05, 4.69) is 217 Å². The van der Waals surface area contributed by atoms with Crippen LogP contribution in [0.5, 0.6) is 0 Å². The zero-order valence-electron chi connectivity index (χ0n) is 30.2. The number of fused-ring (bicyclic) bond motifs is 11. The Labute approximate surface area is 321 Å². The lowest BCUT2D eigenvalue weighted by atomic mass is 9.81. The Kier molecular flexibility index (Phi) is 7.25. The van der Waals surface area contributed by atoms with Crippen molar-refractivity contribution in [3.8, 4) is 55.6 Å². The zero-order chi connectivity index (χ0) is 36.3. The van der Waals surface area contributed by atoms with Crippen molar-refractivity contribution >= 4 is 49.4 Å². The van der Waals surface area contributed by atoms with Crippen molar-refractivity contribution in [3.63, 3.8) is 0 Å². The molecule has 1 aliphatic rings. The monoisotopic (exact) mass is 697 g/mol. The first-order valence-corrected chi connectivity index (χ1v) is 19.0. The van der Waals surface area contributed by atoms with Crippen LogP contribution in [0.2, 0.25) is 0 Å². The summed E-state index contributed by atoms with van der Waals surface area (Å²) >= 11 is 0. The van der Waals surface area contributed by atoms with E-state index in [0.29, 0.717) is 0 Å². The van der Waals surface area contributed by atoms with Crippen LogP contribution >= 0.6 is 0 Å². The minimum atomic E-state index is 1.13. The molecule has 1 nitrogen and oxygen atoms in total. The first-order chi connectivity index (χ1) is 27.3. The van der Waals surface area contributed by atoms with Crippen molar-refractivity contribution in [1.29, 1.82) is 0 Å². The summed E-state index contributed by atoms with van der Waals surface area (Å²) in [4.78, 5) is 2.43. The predicted molar refractivity (Wildman–Crippen MR) is 234 cm³/mol. The van der Waals surface area contributed by atoms with E-state index in [1.165, 1.54) is 99.3 Å². The van der Waals surface area contributed by atoms with E-state index in [9.17, 15) is 0 Å². The standard InChI is InChI=1S/C54H35N/c1-3-17-36(18-4-1)48-35-49(53-46-27-11-9-23-42(46)43-24-10-12-28-47(43)54(53)52(48)38-19-5-2-6-20-38)37-31-33-39(34-32-37)55-50-29-15-13-25-44(50)40-21-7-8-22-41(40)45-26-14-16-30-51(45)55/h1-35H. The van der Waals surface area contributed by atoms with Gasteiger partial charge in [0.25, 0.3) is 0 Å². The second kappa shape index (κ2) is 12.7. The van der Waals surface area contributed by atoms with Crippen LogP contribution in [0.15, 0.2) is 212 Å². The Balaban J connectivity index is 1.21. The van der Waals surface area contributed by atoms with Gasteiger partial charge in [0.15, 0.2) is 0 Å². The third-order valence-electron chi connectivity index (χ3n) is 11.4. The average Bonchev–Trinajstić information content (AvgIpc) is 3.39. The molecule has 0 aliphatic carbocycles. The van der Waals surface area contributed by atoms with Crippen molar-refractivity contribution in [2.45, 2.75) is 0 Å². The van der Waals surface area contributed by atoms with E-state index < -0.39 is 0 Å². The van der Waals surface area contributed by atoms with Gasteiger partial charge in [-0.25, -0.2) is 0 Å². The molecule has 11 rings (SSSR count). The summed E-state index contributed by atoms with van der Waals surface area (Å²) in [6.07, 6.45) is 0. The fourth-order valence-corrected chi connectivity index (χ4v) is 9.03. The number of hydrogen-bond acceptors (Lipinski definition) is 1. The molecular formula is C54H35N. The number of nitrogens with zero attached hydrogens (tertiary/aromatic N) is 1.